The Morgan fingerprint density at radius 2 is 2.09 bits per heavy atom. The van der Waals surface area contributed by atoms with Gasteiger partial charge in [-0.15, -0.1) is 0 Å². The summed E-state index contributed by atoms with van der Waals surface area (Å²) in [5, 5.41) is 9.84. The number of hydrogen-bond acceptors (Lipinski definition) is 8. The van der Waals surface area contributed by atoms with Crippen molar-refractivity contribution in [2.24, 2.45) is 0 Å². The van der Waals surface area contributed by atoms with Crippen LogP contribution in [0.5, 0.6) is 6.01 Å². The number of nitriles is 1. The maximum atomic E-state index is 16.5. The van der Waals surface area contributed by atoms with E-state index in [0.29, 0.717) is 23.7 Å². The molecule has 0 radical (unpaired) electrons. The van der Waals surface area contributed by atoms with Crippen molar-refractivity contribution in [3.8, 4) is 23.3 Å². The molecule has 1 unspecified atom stereocenters. The number of likely N-dealkylation sites (N-methyl/N-ethyl adjacent to an activating group) is 1. The molecule has 220 valence electrons. The smallest absolute Gasteiger partial charge is 0.319 e. The van der Waals surface area contributed by atoms with Gasteiger partial charge in [0.15, 0.2) is 11.6 Å². The number of likely N-dealkylation sites (tertiary alicyclic amines) is 1. The van der Waals surface area contributed by atoms with Crippen LogP contribution in [0.3, 0.4) is 0 Å². The van der Waals surface area contributed by atoms with Crippen LogP contribution >= 0.6 is 0 Å². The highest BCUT2D eigenvalue weighted by Gasteiger charge is 2.39. The Balaban J connectivity index is 1.29. The number of benzene rings is 1. The number of hydrogen-bond donors (Lipinski definition) is 0. The monoisotopic (exact) mass is 583 g/mol. The van der Waals surface area contributed by atoms with Crippen LogP contribution in [-0.2, 0) is 4.79 Å². The molecule has 1 aromatic carbocycles. The summed E-state index contributed by atoms with van der Waals surface area (Å²) in [4.78, 5) is 31.7. The van der Waals surface area contributed by atoms with Gasteiger partial charge in [0.05, 0.1) is 23.9 Å². The number of rotatable bonds is 7. The van der Waals surface area contributed by atoms with E-state index in [1.165, 1.54) is 16.0 Å². The van der Waals surface area contributed by atoms with E-state index in [9.17, 15) is 14.4 Å². The zero-order chi connectivity index (χ0) is 29.8. The lowest BCUT2D eigenvalue weighted by molar-refractivity contribution is -0.131. The Morgan fingerprint density at radius 1 is 1.23 bits per heavy atom. The van der Waals surface area contributed by atoms with Crippen LogP contribution in [0.2, 0.25) is 0 Å². The number of piperazine rings is 1. The van der Waals surface area contributed by atoms with Crippen LogP contribution in [0.1, 0.15) is 42.7 Å². The molecule has 0 N–H and O–H groups in total. The number of ether oxygens (including phenoxy) is 1. The minimum Gasteiger partial charge on any atom is -0.462 e. The molecule has 2 saturated heterocycles. The van der Waals surface area contributed by atoms with Crippen LogP contribution in [-0.4, -0.2) is 82.6 Å². The zero-order valence-corrected chi connectivity index (χ0v) is 23.9. The van der Waals surface area contributed by atoms with E-state index in [1.54, 1.807) is 6.20 Å². The SMILES string of the molecule is C=C(F)C(=O)N1CCN(c2nc(OC[C@@H]3CCCN3C)nc3c(F)c(-c4cccc5c4C=C4CC45)ncc23)C[C@@H]1CC#N. The molecule has 0 spiro atoms. The lowest BCUT2D eigenvalue weighted by atomic mass is 9.97. The predicted molar refractivity (Wildman–Crippen MR) is 157 cm³/mol. The van der Waals surface area contributed by atoms with Crippen molar-refractivity contribution in [1.82, 2.24) is 24.8 Å². The first kappa shape index (κ1) is 27.4. The van der Waals surface area contributed by atoms with Gasteiger partial charge in [-0.05, 0) is 44.0 Å². The zero-order valence-electron chi connectivity index (χ0n) is 23.9. The first-order chi connectivity index (χ1) is 20.8. The van der Waals surface area contributed by atoms with Gasteiger partial charge in [0.1, 0.15) is 23.6 Å². The van der Waals surface area contributed by atoms with E-state index in [-0.39, 0.29) is 49.3 Å². The second-order valence-electron chi connectivity index (χ2n) is 11.8. The fraction of sp³-hybridized carbons (Fsp3) is 0.406. The number of carbonyl (C=O) groups excluding carboxylic acids is 1. The van der Waals surface area contributed by atoms with E-state index in [1.807, 2.05) is 24.1 Å². The number of fused-ring (bicyclic) bond motifs is 4. The normalized spacial score (nSPS) is 22.7. The highest BCUT2D eigenvalue weighted by molar-refractivity contribution is 5.94. The maximum Gasteiger partial charge on any atom is 0.319 e. The molecule has 7 rings (SSSR count). The number of anilines is 1. The summed E-state index contributed by atoms with van der Waals surface area (Å²) in [6, 6.07) is 7.64. The van der Waals surface area contributed by atoms with Gasteiger partial charge in [-0.3, -0.25) is 9.78 Å². The van der Waals surface area contributed by atoms with Crippen LogP contribution < -0.4 is 9.64 Å². The molecule has 11 heteroatoms. The summed E-state index contributed by atoms with van der Waals surface area (Å²) < 4.78 is 36.4. The molecule has 1 amide bonds. The third-order valence-corrected chi connectivity index (χ3v) is 9.15. The molecule has 43 heavy (non-hydrogen) atoms. The van der Waals surface area contributed by atoms with Crippen LogP contribution in [0.25, 0.3) is 28.2 Å². The largest absolute Gasteiger partial charge is 0.462 e. The summed E-state index contributed by atoms with van der Waals surface area (Å²) in [6.07, 6.45) is 6.83. The lowest BCUT2D eigenvalue weighted by Gasteiger charge is -2.41. The third-order valence-electron chi connectivity index (χ3n) is 9.15. The summed E-state index contributed by atoms with van der Waals surface area (Å²) >= 11 is 0. The molecule has 4 aliphatic rings. The van der Waals surface area contributed by atoms with Crippen molar-refractivity contribution >= 4 is 28.7 Å². The molecule has 3 atom stereocenters. The molecule has 0 bridgehead atoms. The van der Waals surface area contributed by atoms with Crippen molar-refractivity contribution in [1.29, 1.82) is 5.26 Å². The number of carbonyl (C=O) groups is 1. The van der Waals surface area contributed by atoms with Crippen LogP contribution in [0, 0.1) is 17.1 Å². The third kappa shape index (κ3) is 4.79. The van der Waals surface area contributed by atoms with Gasteiger partial charge in [-0.25, -0.2) is 8.78 Å². The first-order valence-electron chi connectivity index (χ1n) is 14.6. The van der Waals surface area contributed by atoms with Gasteiger partial charge < -0.3 is 19.4 Å². The van der Waals surface area contributed by atoms with Gasteiger partial charge >= 0.3 is 6.01 Å². The first-order valence-corrected chi connectivity index (χ1v) is 14.6. The topological polar surface area (TPSA) is 98.5 Å². The van der Waals surface area contributed by atoms with Crippen molar-refractivity contribution in [2.75, 3.05) is 44.7 Å². The Bertz CT molecular complexity index is 1730. The van der Waals surface area contributed by atoms with Crippen molar-refractivity contribution in [3.63, 3.8) is 0 Å². The Morgan fingerprint density at radius 3 is 2.86 bits per heavy atom. The Kier molecular flexibility index (Phi) is 6.81. The number of allylic oxidation sites excluding steroid dienone is 1. The lowest BCUT2D eigenvalue weighted by Crippen LogP contribution is -2.55. The number of amides is 1. The standard InChI is InChI=1S/C32H31F2N7O2/c1-18(33)31(42)41-12-11-40(16-20(41)8-9-35)30-26-15-36-28(23-7-3-6-22-24-13-19(24)14-25(22)23)27(34)29(26)37-32(38-30)43-17-21-5-4-10-39(21)2/h3,6-7,14-15,20-21,24H,1,4-5,8,10-13,16-17H2,2H3/t20-,21-,24?/m0/s1. The average Bonchev–Trinajstić information content (AvgIpc) is 3.50. The van der Waals surface area contributed by atoms with E-state index in [0.717, 1.165) is 36.9 Å². The van der Waals surface area contributed by atoms with Gasteiger partial charge in [0, 0.05) is 43.4 Å². The van der Waals surface area contributed by atoms with Crippen molar-refractivity contribution < 1.29 is 18.3 Å². The second-order valence-corrected chi connectivity index (χ2v) is 11.8. The molecule has 2 aromatic heterocycles. The van der Waals surface area contributed by atoms with E-state index in [2.05, 4.69) is 39.7 Å². The molecule has 3 fully saturated rings. The highest BCUT2D eigenvalue weighted by atomic mass is 19.1. The number of pyridine rings is 1. The quantitative estimate of drug-likeness (QED) is 0.372. The van der Waals surface area contributed by atoms with Gasteiger partial charge in [-0.2, -0.15) is 15.2 Å². The number of halogens is 2. The van der Waals surface area contributed by atoms with E-state index < -0.39 is 23.6 Å². The molecular weight excluding hydrogens is 552 g/mol. The molecule has 9 nitrogen and oxygen atoms in total. The molecule has 3 aromatic rings. The van der Waals surface area contributed by atoms with Gasteiger partial charge in [-0.1, -0.05) is 36.4 Å². The Labute approximate surface area is 248 Å². The molecular formula is C32H31F2N7O2. The summed E-state index contributed by atoms with van der Waals surface area (Å²) in [6.45, 7) is 5.09. The molecule has 1 saturated carbocycles. The van der Waals surface area contributed by atoms with E-state index in [4.69, 9.17) is 9.72 Å². The maximum absolute atomic E-state index is 16.5. The number of aromatic nitrogens is 3. The van der Waals surface area contributed by atoms with Gasteiger partial charge in [0.2, 0.25) is 0 Å². The highest BCUT2D eigenvalue weighted by Crippen LogP contribution is 2.56. The van der Waals surface area contributed by atoms with E-state index >= 15 is 4.39 Å². The summed E-state index contributed by atoms with van der Waals surface area (Å²) in [5.41, 5.74) is 4.60. The summed E-state index contributed by atoms with van der Waals surface area (Å²) in [7, 11) is 2.05. The fourth-order valence-corrected chi connectivity index (χ4v) is 6.71. The fourth-order valence-electron chi connectivity index (χ4n) is 6.71. The molecule has 4 heterocycles. The second kappa shape index (κ2) is 10.7. The Hall–Kier alpha value is -4.43. The predicted octanol–water partition coefficient (Wildman–Crippen LogP) is 4.60. The number of nitrogens with zero attached hydrogens (tertiary/aromatic N) is 7. The molecule has 2 aliphatic heterocycles. The summed E-state index contributed by atoms with van der Waals surface area (Å²) in [5.74, 6) is -1.64. The van der Waals surface area contributed by atoms with Crippen molar-refractivity contribution in [2.45, 2.75) is 43.7 Å². The van der Waals surface area contributed by atoms with Gasteiger partial charge in [0.25, 0.3) is 5.91 Å². The molecule has 2 aliphatic carbocycles. The van der Waals surface area contributed by atoms with Crippen molar-refractivity contribution in [3.05, 3.63) is 59.3 Å². The van der Waals surface area contributed by atoms with Crippen LogP contribution in [0.4, 0.5) is 14.6 Å². The minimum absolute atomic E-state index is 0.0116. The minimum atomic E-state index is -1.07. The van der Waals surface area contributed by atoms with Crippen LogP contribution in [0.15, 0.2) is 42.4 Å². The average molecular weight is 584 g/mol.